The lowest BCUT2D eigenvalue weighted by atomic mass is 9.69. The van der Waals surface area contributed by atoms with Gasteiger partial charge in [0, 0.05) is 0 Å². The predicted octanol–water partition coefficient (Wildman–Crippen LogP) is 2.54. The van der Waals surface area contributed by atoms with Crippen molar-refractivity contribution in [2.24, 2.45) is 5.92 Å². The molecule has 1 aliphatic carbocycles. The minimum absolute atomic E-state index is 0.0843. The molecule has 1 atom stereocenters. The van der Waals surface area contributed by atoms with Crippen molar-refractivity contribution in [2.75, 3.05) is 41.4 Å². The Labute approximate surface area is 150 Å². The van der Waals surface area contributed by atoms with Crippen molar-refractivity contribution in [3.63, 3.8) is 0 Å². The van der Waals surface area contributed by atoms with Crippen LogP contribution in [0.15, 0.2) is 30.3 Å². The first kappa shape index (κ1) is 19.4. The van der Waals surface area contributed by atoms with Crippen molar-refractivity contribution >= 4 is 11.9 Å². The van der Waals surface area contributed by atoms with Crippen molar-refractivity contribution in [2.45, 2.75) is 31.1 Å². The molecular formula is C20H30NO4+. The molecule has 0 heterocycles. The minimum atomic E-state index is -1.36. The molecule has 1 aromatic rings. The lowest BCUT2D eigenvalue weighted by Gasteiger charge is -2.35. The first-order valence-corrected chi connectivity index (χ1v) is 8.94. The Morgan fingerprint density at radius 2 is 1.68 bits per heavy atom. The Balaban J connectivity index is 2.39. The summed E-state index contributed by atoms with van der Waals surface area (Å²) < 4.78 is 11.4. The summed E-state index contributed by atoms with van der Waals surface area (Å²) in [4.78, 5) is 26.1. The van der Waals surface area contributed by atoms with Crippen molar-refractivity contribution in [1.82, 2.24) is 0 Å². The Hall–Kier alpha value is -1.88. The molecule has 1 saturated carbocycles. The summed E-state index contributed by atoms with van der Waals surface area (Å²) in [6.07, 6.45) is 3.69. The van der Waals surface area contributed by atoms with E-state index in [0.29, 0.717) is 16.6 Å². The molecule has 5 heteroatoms. The van der Waals surface area contributed by atoms with E-state index in [1.807, 2.05) is 51.5 Å². The van der Waals surface area contributed by atoms with Crippen molar-refractivity contribution in [3.8, 4) is 0 Å². The van der Waals surface area contributed by atoms with Crippen LogP contribution in [0.4, 0.5) is 0 Å². The van der Waals surface area contributed by atoms with E-state index >= 15 is 0 Å². The molecule has 138 valence electrons. The monoisotopic (exact) mass is 348 g/mol. The summed E-state index contributed by atoms with van der Waals surface area (Å²) in [5.41, 5.74) is -0.693. The van der Waals surface area contributed by atoms with Crippen molar-refractivity contribution in [3.05, 3.63) is 35.9 Å². The van der Waals surface area contributed by atoms with Crippen LogP contribution in [-0.4, -0.2) is 57.8 Å². The second-order valence-corrected chi connectivity index (χ2v) is 7.80. The fourth-order valence-electron chi connectivity index (χ4n) is 3.63. The number of benzene rings is 1. The first-order chi connectivity index (χ1) is 11.8. The van der Waals surface area contributed by atoms with Gasteiger partial charge in [-0.1, -0.05) is 43.2 Å². The molecule has 1 aliphatic rings. The average Bonchev–Trinajstić information content (AvgIpc) is 3.10. The normalized spacial score (nSPS) is 17.8. The molecule has 1 unspecified atom stereocenters. The maximum atomic E-state index is 13.2. The molecule has 0 radical (unpaired) electrons. The van der Waals surface area contributed by atoms with Gasteiger partial charge in [-0.3, -0.25) is 9.59 Å². The van der Waals surface area contributed by atoms with Crippen LogP contribution in [0.25, 0.3) is 0 Å². The number of carbonyl (C=O) groups excluding carboxylic acids is 2. The van der Waals surface area contributed by atoms with Crippen LogP contribution in [0.2, 0.25) is 0 Å². The van der Waals surface area contributed by atoms with Crippen LogP contribution in [0.3, 0.4) is 0 Å². The third kappa shape index (κ3) is 4.21. The number of methoxy groups -OCH3 is 1. The van der Waals surface area contributed by atoms with Crippen LogP contribution < -0.4 is 0 Å². The van der Waals surface area contributed by atoms with E-state index in [4.69, 9.17) is 9.47 Å². The molecule has 0 bridgehead atoms. The summed E-state index contributed by atoms with van der Waals surface area (Å²) in [6, 6.07) is 9.23. The summed E-state index contributed by atoms with van der Waals surface area (Å²) >= 11 is 0. The highest BCUT2D eigenvalue weighted by Gasteiger charge is 2.56. The van der Waals surface area contributed by atoms with Gasteiger partial charge in [0.2, 0.25) is 0 Å². The summed E-state index contributed by atoms with van der Waals surface area (Å²) in [5.74, 6) is -1.08. The molecule has 1 aromatic carbocycles. The number of esters is 2. The highest BCUT2D eigenvalue weighted by molar-refractivity contribution is 6.06. The molecule has 5 nitrogen and oxygen atoms in total. The second-order valence-electron chi connectivity index (χ2n) is 7.80. The molecule has 0 spiro atoms. The van der Waals surface area contributed by atoms with E-state index in [-0.39, 0.29) is 12.5 Å². The number of carbonyl (C=O) groups is 2. The maximum Gasteiger partial charge on any atom is 0.328 e. The smallest absolute Gasteiger partial charge is 0.328 e. The average molecular weight is 348 g/mol. The van der Waals surface area contributed by atoms with Gasteiger partial charge in [0.25, 0.3) is 0 Å². The minimum Gasteiger partial charge on any atom is -0.468 e. The van der Waals surface area contributed by atoms with Crippen LogP contribution in [0.5, 0.6) is 0 Å². The van der Waals surface area contributed by atoms with E-state index < -0.39 is 17.4 Å². The molecule has 0 amide bonds. The van der Waals surface area contributed by atoms with E-state index in [1.165, 1.54) is 7.11 Å². The molecular weight excluding hydrogens is 318 g/mol. The van der Waals surface area contributed by atoms with E-state index in [1.54, 1.807) is 0 Å². The number of ether oxygens (including phenoxy) is 2. The van der Waals surface area contributed by atoms with E-state index in [0.717, 1.165) is 25.7 Å². The molecule has 0 N–H and O–H groups in total. The van der Waals surface area contributed by atoms with Gasteiger partial charge in [-0.2, -0.15) is 0 Å². The number of nitrogens with zero attached hydrogens (tertiary/aromatic N) is 1. The number of hydrogen-bond donors (Lipinski definition) is 0. The number of quaternary nitrogens is 1. The second kappa shape index (κ2) is 8.00. The molecule has 25 heavy (non-hydrogen) atoms. The van der Waals surface area contributed by atoms with Gasteiger partial charge in [0.15, 0.2) is 5.41 Å². The quantitative estimate of drug-likeness (QED) is 0.432. The third-order valence-electron chi connectivity index (χ3n) is 5.02. The van der Waals surface area contributed by atoms with Gasteiger partial charge in [-0.25, -0.2) is 0 Å². The molecule has 0 aliphatic heterocycles. The fourth-order valence-corrected chi connectivity index (χ4v) is 3.63. The Bertz CT molecular complexity index is 587. The van der Waals surface area contributed by atoms with Gasteiger partial charge < -0.3 is 14.0 Å². The van der Waals surface area contributed by atoms with Crippen molar-refractivity contribution < 1.29 is 23.5 Å². The Kier molecular flexibility index (Phi) is 6.22. The zero-order chi connectivity index (χ0) is 18.5. The molecule has 2 rings (SSSR count). The lowest BCUT2D eigenvalue weighted by molar-refractivity contribution is -0.870. The first-order valence-electron chi connectivity index (χ1n) is 8.94. The fraction of sp³-hybridized carbons (Fsp3) is 0.600. The topological polar surface area (TPSA) is 52.6 Å². The lowest BCUT2D eigenvalue weighted by Crippen LogP contribution is -2.51. The van der Waals surface area contributed by atoms with Crippen LogP contribution in [0, 0.1) is 5.92 Å². The van der Waals surface area contributed by atoms with Crippen LogP contribution >= 0.6 is 0 Å². The molecule has 0 saturated heterocycles. The van der Waals surface area contributed by atoms with E-state index in [9.17, 15) is 9.59 Å². The largest absolute Gasteiger partial charge is 0.468 e. The van der Waals surface area contributed by atoms with Crippen LogP contribution in [0.1, 0.15) is 31.2 Å². The maximum absolute atomic E-state index is 13.2. The van der Waals surface area contributed by atoms with Gasteiger partial charge in [-0.15, -0.1) is 0 Å². The Morgan fingerprint density at radius 3 is 2.20 bits per heavy atom. The van der Waals surface area contributed by atoms with Crippen LogP contribution in [-0.2, 0) is 24.5 Å². The predicted molar refractivity (Wildman–Crippen MR) is 96.0 cm³/mol. The Morgan fingerprint density at radius 1 is 1.08 bits per heavy atom. The third-order valence-corrected chi connectivity index (χ3v) is 5.02. The molecule has 1 fully saturated rings. The van der Waals surface area contributed by atoms with Gasteiger partial charge >= 0.3 is 11.9 Å². The van der Waals surface area contributed by atoms with Gasteiger partial charge in [0.1, 0.15) is 13.2 Å². The summed E-state index contributed by atoms with van der Waals surface area (Å²) in [7, 11) is 7.45. The summed E-state index contributed by atoms with van der Waals surface area (Å²) in [6.45, 7) is 0.961. The van der Waals surface area contributed by atoms with E-state index in [2.05, 4.69) is 0 Å². The zero-order valence-corrected chi connectivity index (χ0v) is 15.8. The SMILES string of the molecule is COC(=O)C(C(=O)OCC[N+](C)(C)C)(c1ccccc1)C1CCCC1. The standard InChI is InChI=1S/C20H30NO4/c1-21(2,3)14-15-25-19(23)20(18(22)24-4,17-12-8-9-13-17)16-10-6-5-7-11-16/h5-7,10-11,17H,8-9,12-15H2,1-4H3/q+1. The number of rotatable bonds is 7. The molecule has 0 aromatic heterocycles. The number of hydrogen-bond acceptors (Lipinski definition) is 4. The highest BCUT2D eigenvalue weighted by Crippen LogP contribution is 2.44. The zero-order valence-electron chi connectivity index (χ0n) is 15.8. The van der Waals surface area contributed by atoms with Gasteiger partial charge in [0.05, 0.1) is 28.3 Å². The summed E-state index contributed by atoms with van der Waals surface area (Å²) in [5, 5.41) is 0. The number of likely N-dealkylation sites (N-methyl/N-ethyl adjacent to an activating group) is 1. The van der Waals surface area contributed by atoms with Gasteiger partial charge in [-0.05, 0) is 24.3 Å². The highest BCUT2D eigenvalue weighted by atomic mass is 16.6. The van der Waals surface area contributed by atoms with Crippen molar-refractivity contribution in [1.29, 1.82) is 0 Å².